The van der Waals surface area contributed by atoms with E-state index in [0.717, 1.165) is 31.0 Å². The van der Waals surface area contributed by atoms with Gasteiger partial charge in [0.25, 0.3) is 0 Å². The molecule has 106 valence electrons. The normalized spacial score (nSPS) is 23.4. The van der Waals surface area contributed by atoms with E-state index in [0.29, 0.717) is 17.8 Å². The molecule has 0 spiro atoms. The van der Waals surface area contributed by atoms with E-state index in [9.17, 15) is 0 Å². The molecule has 1 fully saturated rings. The summed E-state index contributed by atoms with van der Waals surface area (Å²) < 4.78 is 0. The highest BCUT2D eigenvalue weighted by Gasteiger charge is 2.31. The molecule has 0 aliphatic carbocycles. The van der Waals surface area contributed by atoms with Crippen molar-refractivity contribution in [1.29, 1.82) is 0 Å². The lowest BCUT2D eigenvalue weighted by molar-refractivity contribution is 0.266. The molecule has 0 N–H and O–H groups in total. The monoisotopic (exact) mass is 281 g/mol. The molecular weight excluding hydrogens is 258 g/mol. The van der Waals surface area contributed by atoms with Crippen molar-refractivity contribution < 1.29 is 0 Å². The van der Waals surface area contributed by atoms with Gasteiger partial charge in [0.05, 0.1) is 0 Å². The summed E-state index contributed by atoms with van der Waals surface area (Å²) in [5.74, 6) is 2.32. The third kappa shape index (κ3) is 3.21. The standard InChI is InChI=1S/C15H24ClN3/c1-5-13-6-12(8-16)7-15(17-13)19-9-11(2)14(10-19)18(3)4/h6-7,11,14H,5,8-10H2,1-4H3. The van der Waals surface area contributed by atoms with Crippen molar-refractivity contribution in [2.45, 2.75) is 32.2 Å². The number of anilines is 1. The van der Waals surface area contributed by atoms with Gasteiger partial charge in [0.2, 0.25) is 0 Å². The fourth-order valence-electron chi connectivity index (χ4n) is 2.86. The lowest BCUT2D eigenvalue weighted by Gasteiger charge is -2.23. The average Bonchev–Trinajstić information content (AvgIpc) is 2.80. The van der Waals surface area contributed by atoms with Gasteiger partial charge in [-0.25, -0.2) is 4.98 Å². The molecule has 3 nitrogen and oxygen atoms in total. The second-order valence-corrected chi connectivity index (χ2v) is 5.99. The fourth-order valence-corrected chi connectivity index (χ4v) is 3.02. The number of aromatic nitrogens is 1. The molecule has 1 aliphatic rings. The van der Waals surface area contributed by atoms with Crippen LogP contribution in [0.1, 0.15) is 25.1 Å². The van der Waals surface area contributed by atoms with Crippen LogP contribution in [0.4, 0.5) is 5.82 Å². The first kappa shape index (κ1) is 14.6. The van der Waals surface area contributed by atoms with Crippen LogP contribution in [-0.4, -0.2) is 43.1 Å². The molecule has 2 unspecified atom stereocenters. The Kier molecular flexibility index (Phi) is 4.69. The molecule has 0 amide bonds. The Labute approximate surface area is 121 Å². The van der Waals surface area contributed by atoms with E-state index in [1.54, 1.807) is 0 Å². The molecule has 0 radical (unpaired) electrons. The maximum atomic E-state index is 5.99. The predicted octanol–water partition coefficient (Wildman–Crippen LogP) is 2.77. The SMILES string of the molecule is CCc1cc(CCl)cc(N2CC(C)C(N(C)C)C2)n1. The van der Waals surface area contributed by atoms with E-state index >= 15 is 0 Å². The summed E-state index contributed by atoms with van der Waals surface area (Å²) in [5, 5.41) is 0. The van der Waals surface area contributed by atoms with E-state index < -0.39 is 0 Å². The zero-order valence-electron chi connectivity index (χ0n) is 12.4. The first-order chi connectivity index (χ1) is 9.05. The van der Waals surface area contributed by atoms with Crippen LogP contribution in [0.5, 0.6) is 0 Å². The summed E-state index contributed by atoms with van der Waals surface area (Å²) in [6.07, 6.45) is 0.957. The van der Waals surface area contributed by atoms with Crippen molar-refractivity contribution in [2.24, 2.45) is 5.92 Å². The van der Waals surface area contributed by atoms with Crippen molar-refractivity contribution in [3.05, 3.63) is 23.4 Å². The number of hydrogen-bond donors (Lipinski definition) is 0. The molecular formula is C15H24ClN3. The zero-order valence-corrected chi connectivity index (χ0v) is 13.1. The molecule has 1 aromatic heterocycles. The number of hydrogen-bond acceptors (Lipinski definition) is 3. The van der Waals surface area contributed by atoms with Crippen LogP contribution in [0.3, 0.4) is 0 Å². The summed E-state index contributed by atoms with van der Waals surface area (Å²) in [7, 11) is 4.31. The highest BCUT2D eigenvalue weighted by atomic mass is 35.5. The molecule has 4 heteroatoms. The van der Waals surface area contributed by atoms with E-state index in [1.165, 1.54) is 5.56 Å². The number of pyridine rings is 1. The second kappa shape index (κ2) is 6.10. The number of nitrogens with zero attached hydrogens (tertiary/aromatic N) is 3. The first-order valence-electron chi connectivity index (χ1n) is 7.02. The minimum atomic E-state index is 0.559. The molecule has 19 heavy (non-hydrogen) atoms. The molecule has 0 aromatic carbocycles. The molecule has 1 saturated heterocycles. The van der Waals surface area contributed by atoms with E-state index in [4.69, 9.17) is 16.6 Å². The number of rotatable bonds is 4. The van der Waals surface area contributed by atoms with Gasteiger partial charge in [-0.1, -0.05) is 13.8 Å². The third-order valence-electron chi connectivity index (χ3n) is 4.00. The number of likely N-dealkylation sites (N-methyl/N-ethyl adjacent to an activating group) is 1. The smallest absolute Gasteiger partial charge is 0.129 e. The van der Waals surface area contributed by atoms with E-state index in [-0.39, 0.29) is 0 Å². The van der Waals surface area contributed by atoms with Crippen molar-refractivity contribution in [3.8, 4) is 0 Å². The van der Waals surface area contributed by atoms with E-state index in [1.807, 2.05) is 0 Å². The quantitative estimate of drug-likeness (QED) is 0.791. The van der Waals surface area contributed by atoms with Gasteiger partial charge in [0.1, 0.15) is 5.82 Å². The minimum Gasteiger partial charge on any atom is -0.355 e. The average molecular weight is 282 g/mol. The van der Waals surface area contributed by atoms with Crippen LogP contribution in [0.15, 0.2) is 12.1 Å². The van der Waals surface area contributed by atoms with Crippen LogP contribution < -0.4 is 4.90 Å². The predicted molar refractivity (Wildman–Crippen MR) is 82.0 cm³/mol. The summed E-state index contributed by atoms with van der Waals surface area (Å²) in [5.41, 5.74) is 2.30. The Morgan fingerprint density at radius 3 is 2.63 bits per heavy atom. The van der Waals surface area contributed by atoms with Crippen LogP contribution in [0.25, 0.3) is 0 Å². The van der Waals surface area contributed by atoms with Gasteiger partial charge in [-0.2, -0.15) is 0 Å². The summed E-state index contributed by atoms with van der Waals surface area (Å²) in [6.45, 7) is 6.58. The summed E-state index contributed by atoms with van der Waals surface area (Å²) >= 11 is 5.99. The topological polar surface area (TPSA) is 19.4 Å². The van der Waals surface area contributed by atoms with Gasteiger partial charge in [-0.05, 0) is 44.1 Å². The first-order valence-corrected chi connectivity index (χ1v) is 7.55. The Morgan fingerprint density at radius 2 is 2.11 bits per heavy atom. The van der Waals surface area contributed by atoms with Crippen molar-refractivity contribution in [3.63, 3.8) is 0 Å². The van der Waals surface area contributed by atoms with Crippen LogP contribution >= 0.6 is 11.6 Å². The van der Waals surface area contributed by atoms with Crippen LogP contribution in [-0.2, 0) is 12.3 Å². The minimum absolute atomic E-state index is 0.559. The van der Waals surface area contributed by atoms with Crippen molar-refractivity contribution in [2.75, 3.05) is 32.1 Å². The van der Waals surface area contributed by atoms with Crippen molar-refractivity contribution in [1.82, 2.24) is 9.88 Å². The summed E-state index contributed by atoms with van der Waals surface area (Å²) in [4.78, 5) is 9.47. The molecule has 2 heterocycles. The zero-order chi connectivity index (χ0) is 14.0. The lowest BCUT2D eigenvalue weighted by Crippen LogP contribution is -2.34. The number of alkyl halides is 1. The van der Waals surface area contributed by atoms with Crippen LogP contribution in [0, 0.1) is 5.92 Å². The summed E-state index contributed by atoms with van der Waals surface area (Å²) in [6, 6.07) is 4.85. The molecule has 0 bridgehead atoms. The molecule has 2 rings (SSSR count). The Hall–Kier alpha value is -0.800. The van der Waals surface area contributed by atoms with Gasteiger partial charge >= 0.3 is 0 Å². The maximum absolute atomic E-state index is 5.99. The lowest BCUT2D eigenvalue weighted by atomic mass is 10.1. The Bertz CT molecular complexity index is 411. The van der Waals surface area contributed by atoms with Gasteiger partial charge in [0, 0.05) is 30.7 Å². The maximum Gasteiger partial charge on any atom is 0.129 e. The van der Waals surface area contributed by atoms with Gasteiger partial charge in [-0.3, -0.25) is 0 Å². The molecule has 1 aromatic rings. The van der Waals surface area contributed by atoms with Gasteiger partial charge in [-0.15, -0.1) is 11.6 Å². The highest BCUT2D eigenvalue weighted by Crippen LogP contribution is 2.26. The van der Waals surface area contributed by atoms with Crippen molar-refractivity contribution >= 4 is 17.4 Å². The molecule has 1 aliphatic heterocycles. The fraction of sp³-hybridized carbons (Fsp3) is 0.667. The number of aryl methyl sites for hydroxylation is 1. The number of halogens is 1. The van der Waals surface area contributed by atoms with Gasteiger partial charge in [0.15, 0.2) is 0 Å². The highest BCUT2D eigenvalue weighted by molar-refractivity contribution is 6.17. The third-order valence-corrected chi connectivity index (χ3v) is 4.31. The Morgan fingerprint density at radius 1 is 1.37 bits per heavy atom. The molecule has 2 atom stereocenters. The molecule has 0 saturated carbocycles. The van der Waals surface area contributed by atoms with Crippen LogP contribution in [0.2, 0.25) is 0 Å². The largest absolute Gasteiger partial charge is 0.355 e. The second-order valence-electron chi connectivity index (χ2n) is 5.73. The van der Waals surface area contributed by atoms with Gasteiger partial charge < -0.3 is 9.80 Å². The van der Waals surface area contributed by atoms with E-state index in [2.05, 4.69) is 49.9 Å². The Balaban J connectivity index is 2.23.